The Labute approximate surface area is 119 Å². The summed E-state index contributed by atoms with van der Waals surface area (Å²) in [6, 6.07) is 8.01. The van der Waals surface area contributed by atoms with Crippen LogP contribution in [0.5, 0.6) is 0 Å². The highest BCUT2D eigenvalue weighted by Gasteiger charge is 2.33. The molecule has 0 spiro atoms. The molecule has 1 heterocycles. The van der Waals surface area contributed by atoms with Gasteiger partial charge in [-0.25, -0.2) is 0 Å². The summed E-state index contributed by atoms with van der Waals surface area (Å²) >= 11 is 0. The molecule has 1 aliphatic carbocycles. The van der Waals surface area contributed by atoms with Crippen LogP contribution in [0.25, 0.3) is 0 Å². The number of anilines is 1. The number of nitrogens with zero attached hydrogens (tertiary/aromatic N) is 1. The molecule has 2 fully saturated rings. The molecule has 3 rings (SSSR count). The van der Waals surface area contributed by atoms with E-state index in [4.69, 9.17) is 0 Å². The van der Waals surface area contributed by atoms with E-state index in [1.165, 1.54) is 5.56 Å². The summed E-state index contributed by atoms with van der Waals surface area (Å²) in [7, 11) is 0. The maximum Gasteiger partial charge on any atom is 0.227 e. The number of aryl methyl sites for hydroxylation is 1. The van der Waals surface area contributed by atoms with Gasteiger partial charge in [-0.2, -0.15) is 0 Å². The SMILES string of the molecule is Cc1ccc(N2C[C@H](CNC(=O)C3CC3)CC2=O)cc1. The monoisotopic (exact) mass is 272 g/mol. The van der Waals surface area contributed by atoms with Crippen LogP contribution in [0.15, 0.2) is 24.3 Å². The molecule has 4 heteroatoms. The third kappa shape index (κ3) is 2.84. The lowest BCUT2D eigenvalue weighted by Crippen LogP contribution is -2.32. The van der Waals surface area contributed by atoms with Crippen molar-refractivity contribution in [2.75, 3.05) is 18.0 Å². The molecule has 20 heavy (non-hydrogen) atoms. The van der Waals surface area contributed by atoms with Gasteiger partial charge < -0.3 is 10.2 Å². The van der Waals surface area contributed by atoms with Crippen molar-refractivity contribution >= 4 is 17.5 Å². The van der Waals surface area contributed by atoms with E-state index >= 15 is 0 Å². The molecule has 1 aromatic carbocycles. The molecule has 0 unspecified atom stereocenters. The van der Waals surface area contributed by atoms with Gasteiger partial charge in [-0.1, -0.05) is 17.7 Å². The average molecular weight is 272 g/mol. The highest BCUT2D eigenvalue weighted by molar-refractivity contribution is 5.95. The number of amides is 2. The minimum atomic E-state index is 0.152. The summed E-state index contributed by atoms with van der Waals surface area (Å²) < 4.78 is 0. The molecule has 0 bridgehead atoms. The molecule has 0 radical (unpaired) electrons. The van der Waals surface area contributed by atoms with Crippen LogP contribution in [0.4, 0.5) is 5.69 Å². The summed E-state index contributed by atoms with van der Waals surface area (Å²) in [5, 5.41) is 2.97. The number of carbonyl (C=O) groups excluding carboxylic acids is 2. The van der Waals surface area contributed by atoms with Gasteiger partial charge in [-0.05, 0) is 31.9 Å². The largest absolute Gasteiger partial charge is 0.356 e. The lowest BCUT2D eigenvalue weighted by atomic mass is 10.1. The van der Waals surface area contributed by atoms with E-state index in [0.29, 0.717) is 19.5 Å². The standard InChI is InChI=1S/C16H20N2O2/c1-11-2-6-14(7-3-11)18-10-12(8-15(18)19)9-17-16(20)13-4-5-13/h2-3,6-7,12-13H,4-5,8-10H2,1H3,(H,17,20)/t12-/m0/s1. The molecular formula is C16H20N2O2. The van der Waals surface area contributed by atoms with Crippen LogP contribution in [0, 0.1) is 18.8 Å². The summed E-state index contributed by atoms with van der Waals surface area (Å²) in [4.78, 5) is 25.5. The van der Waals surface area contributed by atoms with Crippen molar-refractivity contribution in [1.29, 1.82) is 0 Å². The number of carbonyl (C=O) groups is 2. The predicted octanol–water partition coefficient (Wildman–Crippen LogP) is 1.87. The van der Waals surface area contributed by atoms with Crippen molar-refractivity contribution in [3.05, 3.63) is 29.8 Å². The fourth-order valence-corrected chi connectivity index (χ4v) is 2.63. The van der Waals surface area contributed by atoms with E-state index in [2.05, 4.69) is 5.32 Å². The van der Waals surface area contributed by atoms with Crippen molar-refractivity contribution in [2.45, 2.75) is 26.2 Å². The van der Waals surface area contributed by atoms with E-state index in [-0.39, 0.29) is 23.7 Å². The van der Waals surface area contributed by atoms with Crippen molar-refractivity contribution in [3.63, 3.8) is 0 Å². The van der Waals surface area contributed by atoms with Crippen LogP contribution in [-0.2, 0) is 9.59 Å². The van der Waals surface area contributed by atoms with Crippen LogP contribution in [-0.4, -0.2) is 24.9 Å². The van der Waals surface area contributed by atoms with Crippen LogP contribution >= 0.6 is 0 Å². The van der Waals surface area contributed by atoms with Gasteiger partial charge in [0, 0.05) is 37.0 Å². The first-order valence-electron chi connectivity index (χ1n) is 7.28. The van der Waals surface area contributed by atoms with E-state index in [0.717, 1.165) is 18.5 Å². The van der Waals surface area contributed by atoms with Crippen molar-refractivity contribution in [2.24, 2.45) is 11.8 Å². The molecule has 106 valence electrons. The Balaban J connectivity index is 1.57. The Morgan fingerprint density at radius 2 is 2.00 bits per heavy atom. The highest BCUT2D eigenvalue weighted by atomic mass is 16.2. The zero-order valence-corrected chi connectivity index (χ0v) is 11.8. The molecule has 2 aliphatic rings. The Hall–Kier alpha value is -1.84. The second-order valence-electron chi connectivity index (χ2n) is 5.93. The van der Waals surface area contributed by atoms with Gasteiger partial charge >= 0.3 is 0 Å². The van der Waals surface area contributed by atoms with Crippen molar-refractivity contribution in [3.8, 4) is 0 Å². The van der Waals surface area contributed by atoms with Crippen LogP contribution in [0.2, 0.25) is 0 Å². The zero-order chi connectivity index (χ0) is 14.1. The van der Waals surface area contributed by atoms with Gasteiger partial charge in [0.15, 0.2) is 0 Å². The fourth-order valence-electron chi connectivity index (χ4n) is 2.63. The van der Waals surface area contributed by atoms with E-state index in [9.17, 15) is 9.59 Å². The number of nitrogens with one attached hydrogen (secondary N) is 1. The molecule has 1 N–H and O–H groups in total. The van der Waals surface area contributed by atoms with E-state index in [1.807, 2.05) is 36.1 Å². The maximum absolute atomic E-state index is 12.1. The van der Waals surface area contributed by atoms with Crippen molar-refractivity contribution in [1.82, 2.24) is 5.32 Å². The van der Waals surface area contributed by atoms with Gasteiger partial charge in [-0.3, -0.25) is 9.59 Å². The molecule has 1 saturated carbocycles. The number of rotatable bonds is 4. The van der Waals surface area contributed by atoms with Gasteiger partial charge in [0.25, 0.3) is 0 Å². The zero-order valence-electron chi connectivity index (χ0n) is 11.8. The normalized spacial score (nSPS) is 22.1. The molecule has 1 aliphatic heterocycles. The number of hydrogen-bond acceptors (Lipinski definition) is 2. The van der Waals surface area contributed by atoms with Crippen LogP contribution < -0.4 is 10.2 Å². The van der Waals surface area contributed by atoms with Gasteiger partial charge in [0.05, 0.1) is 0 Å². The Bertz CT molecular complexity index is 520. The molecule has 2 amide bonds. The van der Waals surface area contributed by atoms with Crippen molar-refractivity contribution < 1.29 is 9.59 Å². The Morgan fingerprint density at radius 1 is 1.30 bits per heavy atom. The minimum Gasteiger partial charge on any atom is -0.356 e. The van der Waals surface area contributed by atoms with Crippen LogP contribution in [0.1, 0.15) is 24.8 Å². The minimum absolute atomic E-state index is 0.152. The summed E-state index contributed by atoms with van der Waals surface area (Å²) in [6.07, 6.45) is 2.56. The lowest BCUT2D eigenvalue weighted by Gasteiger charge is -2.17. The predicted molar refractivity (Wildman–Crippen MR) is 77.4 cm³/mol. The Morgan fingerprint density at radius 3 is 2.65 bits per heavy atom. The third-order valence-corrected chi connectivity index (χ3v) is 4.06. The molecular weight excluding hydrogens is 252 g/mol. The highest BCUT2D eigenvalue weighted by Crippen LogP contribution is 2.29. The topological polar surface area (TPSA) is 49.4 Å². The van der Waals surface area contributed by atoms with E-state index in [1.54, 1.807) is 0 Å². The fraction of sp³-hybridized carbons (Fsp3) is 0.500. The molecule has 1 saturated heterocycles. The quantitative estimate of drug-likeness (QED) is 0.909. The Kier molecular flexibility index (Phi) is 3.47. The van der Waals surface area contributed by atoms with Gasteiger partial charge in [-0.15, -0.1) is 0 Å². The van der Waals surface area contributed by atoms with E-state index < -0.39 is 0 Å². The maximum atomic E-state index is 12.1. The summed E-state index contributed by atoms with van der Waals surface area (Å²) in [5.74, 6) is 0.776. The average Bonchev–Trinajstić information content (AvgIpc) is 3.21. The molecule has 4 nitrogen and oxygen atoms in total. The van der Waals surface area contributed by atoms with Gasteiger partial charge in [0.2, 0.25) is 11.8 Å². The lowest BCUT2D eigenvalue weighted by molar-refractivity contribution is -0.122. The first-order chi connectivity index (χ1) is 9.63. The summed E-state index contributed by atoms with van der Waals surface area (Å²) in [5.41, 5.74) is 2.14. The summed E-state index contributed by atoms with van der Waals surface area (Å²) in [6.45, 7) is 3.35. The second kappa shape index (κ2) is 5.27. The molecule has 1 atom stereocenters. The van der Waals surface area contributed by atoms with Gasteiger partial charge in [0.1, 0.15) is 0 Å². The second-order valence-corrected chi connectivity index (χ2v) is 5.93. The molecule has 0 aromatic heterocycles. The first kappa shape index (κ1) is 13.2. The third-order valence-electron chi connectivity index (χ3n) is 4.06. The number of benzene rings is 1. The first-order valence-corrected chi connectivity index (χ1v) is 7.28. The smallest absolute Gasteiger partial charge is 0.227 e. The number of hydrogen-bond donors (Lipinski definition) is 1. The molecule has 1 aromatic rings. The van der Waals surface area contributed by atoms with Crippen LogP contribution in [0.3, 0.4) is 0 Å².